The summed E-state index contributed by atoms with van der Waals surface area (Å²) in [6, 6.07) is 4.37. The van der Waals surface area contributed by atoms with Crippen molar-refractivity contribution in [3.05, 3.63) is 22.7 Å². The maximum absolute atomic E-state index is 12.1. The summed E-state index contributed by atoms with van der Waals surface area (Å²) in [7, 11) is 0. The summed E-state index contributed by atoms with van der Waals surface area (Å²) < 4.78 is 40.5. The van der Waals surface area contributed by atoms with E-state index in [1.807, 2.05) is 0 Å². The molecule has 1 aromatic carbocycles. The van der Waals surface area contributed by atoms with Crippen LogP contribution in [0.3, 0.4) is 0 Å². The van der Waals surface area contributed by atoms with E-state index in [0.29, 0.717) is 6.54 Å². The van der Waals surface area contributed by atoms with Gasteiger partial charge in [-0.05, 0) is 54.9 Å². The molecule has 0 amide bonds. The van der Waals surface area contributed by atoms with Crippen LogP contribution in [0.15, 0.2) is 22.7 Å². The van der Waals surface area contributed by atoms with Gasteiger partial charge in [-0.15, -0.1) is 13.2 Å². The topological polar surface area (TPSA) is 33.3 Å². The lowest BCUT2D eigenvalue weighted by Gasteiger charge is -2.20. The highest BCUT2D eigenvalue weighted by molar-refractivity contribution is 9.10. The molecule has 1 aromatic rings. The van der Waals surface area contributed by atoms with Gasteiger partial charge in [-0.2, -0.15) is 0 Å². The number of hydrogen-bond acceptors (Lipinski definition) is 3. The Morgan fingerprint density at radius 3 is 2.30 bits per heavy atom. The molecule has 0 aliphatic rings. The molecule has 0 aromatic heterocycles. The maximum atomic E-state index is 12.1. The number of rotatable bonds is 5. The quantitative estimate of drug-likeness (QED) is 0.779. The number of hydrogen-bond donors (Lipinski definition) is 2. The van der Waals surface area contributed by atoms with Gasteiger partial charge in [-0.3, -0.25) is 0 Å². The van der Waals surface area contributed by atoms with Gasteiger partial charge < -0.3 is 15.4 Å². The number of benzene rings is 1. The van der Waals surface area contributed by atoms with Gasteiger partial charge in [0.2, 0.25) is 0 Å². The van der Waals surface area contributed by atoms with E-state index in [0.717, 1.165) is 12.2 Å². The summed E-state index contributed by atoms with van der Waals surface area (Å²) in [6.07, 6.45) is -4.69. The third-order valence-corrected chi connectivity index (χ3v) is 2.89. The van der Waals surface area contributed by atoms with Gasteiger partial charge in [0.25, 0.3) is 0 Å². The van der Waals surface area contributed by atoms with Gasteiger partial charge >= 0.3 is 6.36 Å². The van der Waals surface area contributed by atoms with E-state index in [4.69, 9.17) is 0 Å². The lowest BCUT2D eigenvalue weighted by Crippen LogP contribution is -2.38. The smallest absolute Gasteiger partial charge is 0.405 e. The number of anilines is 1. The molecule has 0 atom stereocenters. The van der Waals surface area contributed by atoms with Crippen LogP contribution in [-0.2, 0) is 0 Å². The molecular formula is C13H18BrF3N2O. The Morgan fingerprint density at radius 2 is 1.80 bits per heavy atom. The second-order valence-corrected chi connectivity index (χ2v) is 6.15. The lowest BCUT2D eigenvalue weighted by atomic mass is 10.1. The highest BCUT2D eigenvalue weighted by Gasteiger charge is 2.31. The zero-order chi connectivity index (χ0) is 15.4. The zero-order valence-electron chi connectivity index (χ0n) is 11.6. The van der Waals surface area contributed by atoms with Crippen molar-refractivity contribution in [2.75, 3.05) is 18.4 Å². The maximum Gasteiger partial charge on any atom is 0.573 e. The molecule has 114 valence electrons. The third kappa shape index (κ3) is 7.00. The molecule has 7 heteroatoms. The molecule has 20 heavy (non-hydrogen) atoms. The Balaban J connectivity index is 2.51. The van der Waals surface area contributed by atoms with Crippen LogP contribution < -0.4 is 15.4 Å². The highest BCUT2D eigenvalue weighted by atomic mass is 79.9. The molecule has 0 radical (unpaired) electrons. The van der Waals surface area contributed by atoms with Crippen molar-refractivity contribution in [3.63, 3.8) is 0 Å². The van der Waals surface area contributed by atoms with Crippen molar-refractivity contribution in [1.29, 1.82) is 0 Å². The molecule has 3 nitrogen and oxygen atoms in total. The summed E-state index contributed by atoms with van der Waals surface area (Å²) in [5, 5.41) is 6.42. The second kappa shape index (κ2) is 6.67. The van der Waals surface area contributed by atoms with Gasteiger partial charge in [-0.25, -0.2) is 0 Å². The molecule has 0 heterocycles. The zero-order valence-corrected chi connectivity index (χ0v) is 13.2. The van der Waals surface area contributed by atoms with Crippen LogP contribution >= 0.6 is 15.9 Å². The molecule has 0 aliphatic carbocycles. The van der Waals surface area contributed by atoms with Gasteiger partial charge in [0.1, 0.15) is 5.75 Å². The fraction of sp³-hybridized carbons (Fsp3) is 0.538. The monoisotopic (exact) mass is 354 g/mol. The lowest BCUT2D eigenvalue weighted by molar-refractivity contribution is -0.274. The first-order chi connectivity index (χ1) is 9.07. The Bertz CT molecular complexity index is 444. The van der Waals surface area contributed by atoms with Crippen LogP contribution in [-0.4, -0.2) is 25.0 Å². The van der Waals surface area contributed by atoms with E-state index in [2.05, 4.69) is 52.1 Å². The van der Waals surface area contributed by atoms with E-state index in [1.165, 1.54) is 6.07 Å². The van der Waals surface area contributed by atoms with Crippen molar-refractivity contribution < 1.29 is 17.9 Å². The normalized spacial score (nSPS) is 12.3. The largest absolute Gasteiger partial charge is 0.573 e. The number of halogens is 4. The van der Waals surface area contributed by atoms with Gasteiger partial charge in [0, 0.05) is 24.3 Å². The van der Waals surface area contributed by atoms with E-state index in [-0.39, 0.29) is 15.8 Å². The summed E-state index contributed by atoms with van der Waals surface area (Å²) in [5.41, 5.74) is 0.759. The Kier molecular flexibility index (Phi) is 5.70. The van der Waals surface area contributed by atoms with E-state index < -0.39 is 6.36 Å². The molecule has 0 fully saturated rings. The molecule has 0 unspecified atom stereocenters. The minimum Gasteiger partial charge on any atom is -0.405 e. The molecular weight excluding hydrogens is 337 g/mol. The van der Waals surface area contributed by atoms with Crippen LogP contribution in [0.25, 0.3) is 0 Å². The fourth-order valence-corrected chi connectivity index (χ4v) is 1.92. The van der Waals surface area contributed by atoms with Crippen LogP contribution in [0.2, 0.25) is 0 Å². The summed E-state index contributed by atoms with van der Waals surface area (Å²) in [4.78, 5) is 0. The minimum atomic E-state index is -4.69. The molecule has 0 saturated carbocycles. The average molecular weight is 355 g/mol. The number of ether oxygens (including phenoxy) is 1. The minimum absolute atomic E-state index is 0.0344. The van der Waals surface area contributed by atoms with Crippen LogP contribution in [0.5, 0.6) is 5.75 Å². The predicted molar refractivity (Wildman–Crippen MR) is 77.1 cm³/mol. The SMILES string of the molecule is CC(C)(C)NCCNc1ccc(OC(F)(F)F)c(Br)c1. The van der Waals surface area contributed by atoms with Crippen LogP contribution in [0.4, 0.5) is 18.9 Å². The first-order valence-corrected chi connectivity index (χ1v) is 6.90. The van der Waals surface area contributed by atoms with Crippen molar-refractivity contribution in [3.8, 4) is 5.75 Å². The molecule has 0 spiro atoms. The molecule has 1 rings (SSSR count). The Morgan fingerprint density at radius 1 is 1.15 bits per heavy atom. The second-order valence-electron chi connectivity index (χ2n) is 5.30. The average Bonchev–Trinajstić information content (AvgIpc) is 2.25. The molecule has 0 aliphatic heterocycles. The third-order valence-electron chi connectivity index (χ3n) is 2.27. The predicted octanol–water partition coefficient (Wildman–Crippen LogP) is 4.15. The summed E-state index contributed by atoms with van der Waals surface area (Å²) in [6.45, 7) is 7.61. The van der Waals surface area contributed by atoms with Gasteiger partial charge in [-0.1, -0.05) is 0 Å². The first kappa shape index (κ1) is 17.1. The Hall–Kier alpha value is -0.950. The van der Waals surface area contributed by atoms with Gasteiger partial charge in [0.05, 0.1) is 4.47 Å². The van der Waals surface area contributed by atoms with Crippen molar-refractivity contribution in [1.82, 2.24) is 5.32 Å². The number of nitrogens with one attached hydrogen (secondary N) is 2. The summed E-state index contributed by atoms with van der Waals surface area (Å²) in [5.74, 6) is -0.254. The van der Waals surface area contributed by atoms with Crippen LogP contribution in [0.1, 0.15) is 20.8 Å². The molecule has 2 N–H and O–H groups in total. The fourth-order valence-electron chi connectivity index (χ4n) is 1.46. The first-order valence-electron chi connectivity index (χ1n) is 6.11. The van der Waals surface area contributed by atoms with Gasteiger partial charge in [0.15, 0.2) is 0 Å². The van der Waals surface area contributed by atoms with Crippen molar-refractivity contribution in [2.45, 2.75) is 32.7 Å². The molecule has 0 bridgehead atoms. The highest BCUT2D eigenvalue weighted by Crippen LogP contribution is 2.32. The van der Waals surface area contributed by atoms with Crippen molar-refractivity contribution >= 4 is 21.6 Å². The van der Waals surface area contributed by atoms with Crippen molar-refractivity contribution in [2.24, 2.45) is 0 Å². The Labute approximate surface area is 125 Å². The molecule has 0 saturated heterocycles. The summed E-state index contributed by atoms with van der Waals surface area (Å²) >= 11 is 3.06. The van der Waals surface area contributed by atoms with Crippen LogP contribution in [0, 0.1) is 0 Å². The standard InChI is InChI=1S/C13H18BrF3N2O/c1-12(2,3)19-7-6-18-9-4-5-11(10(14)8-9)20-13(15,16)17/h4-5,8,18-19H,6-7H2,1-3H3. The number of alkyl halides is 3. The van der Waals surface area contributed by atoms with E-state index >= 15 is 0 Å². The van der Waals surface area contributed by atoms with E-state index in [9.17, 15) is 13.2 Å². The van der Waals surface area contributed by atoms with E-state index in [1.54, 1.807) is 12.1 Å².